The van der Waals surface area contributed by atoms with Crippen LogP contribution in [0.1, 0.15) is 39.4 Å². The normalized spacial score (nSPS) is 16.9. The molecule has 24 heavy (non-hydrogen) atoms. The highest BCUT2D eigenvalue weighted by molar-refractivity contribution is 6.03. The highest BCUT2D eigenvalue weighted by Crippen LogP contribution is 2.45. The van der Waals surface area contributed by atoms with Gasteiger partial charge in [-0.05, 0) is 23.8 Å². The lowest BCUT2D eigenvalue weighted by Crippen LogP contribution is -2.06. The van der Waals surface area contributed by atoms with Crippen LogP contribution in [0, 0.1) is 0 Å². The van der Waals surface area contributed by atoms with E-state index >= 15 is 0 Å². The van der Waals surface area contributed by atoms with E-state index in [1.807, 2.05) is 0 Å². The van der Waals surface area contributed by atoms with E-state index in [4.69, 9.17) is 9.47 Å². The van der Waals surface area contributed by atoms with Crippen LogP contribution >= 0.6 is 0 Å². The summed E-state index contributed by atoms with van der Waals surface area (Å²) in [6.07, 6.45) is -4.18. The first kappa shape index (κ1) is 16.4. The van der Waals surface area contributed by atoms with Crippen molar-refractivity contribution in [1.82, 2.24) is 0 Å². The zero-order valence-corrected chi connectivity index (χ0v) is 13.1. The summed E-state index contributed by atoms with van der Waals surface area (Å²) in [5.74, 6) is 0.606. The third kappa shape index (κ3) is 2.72. The third-order valence-corrected chi connectivity index (χ3v) is 4.25. The average Bonchev–Trinajstić information content (AvgIpc) is 2.90. The van der Waals surface area contributed by atoms with Crippen molar-refractivity contribution in [2.24, 2.45) is 0 Å². The lowest BCUT2D eigenvalue weighted by atomic mass is 9.91. The summed E-state index contributed by atoms with van der Waals surface area (Å²) in [6.45, 7) is 0. The van der Waals surface area contributed by atoms with E-state index in [9.17, 15) is 18.0 Å². The molecule has 0 saturated carbocycles. The van der Waals surface area contributed by atoms with Crippen LogP contribution in [0.4, 0.5) is 13.2 Å². The SMILES string of the molecule is COc1cc(OC)c2c(c1)C(=O)C[C@H]2c1ccc(C(F)(F)F)cc1. The van der Waals surface area contributed by atoms with Crippen LogP contribution in [-0.4, -0.2) is 20.0 Å². The molecule has 0 amide bonds. The second kappa shape index (κ2) is 5.85. The van der Waals surface area contributed by atoms with Gasteiger partial charge in [0.2, 0.25) is 0 Å². The van der Waals surface area contributed by atoms with Crippen LogP contribution in [-0.2, 0) is 6.18 Å². The molecule has 0 heterocycles. The fraction of sp³-hybridized carbons (Fsp3) is 0.278. The number of carbonyl (C=O) groups is 1. The van der Waals surface area contributed by atoms with Crippen molar-refractivity contribution >= 4 is 5.78 Å². The molecule has 0 aliphatic heterocycles. The molecule has 2 aromatic carbocycles. The number of halogens is 3. The smallest absolute Gasteiger partial charge is 0.416 e. The topological polar surface area (TPSA) is 35.5 Å². The lowest BCUT2D eigenvalue weighted by molar-refractivity contribution is -0.137. The maximum Gasteiger partial charge on any atom is 0.416 e. The first-order chi connectivity index (χ1) is 11.3. The van der Waals surface area contributed by atoms with Crippen LogP contribution in [0.3, 0.4) is 0 Å². The van der Waals surface area contributed by atoms with Crippen LogP contribution in [0.25, 0.3) is 0 Å². The lowest BCUT2D eigenvalue weighted by Gasteiger charge is -2.16. The number of ketones is 1. The van der Waals surface area contributed by atoms with E-state index in [2.05, 4.69) is 0 Å². The van der Waals surface area contributed by atoms with Gasteiger partial charge in [-0.25, -0.2) is 0 Å². The first-order valence-corrected chi connectivity index (χ1v) is 7.31. The van der Waals surface area contributed by atoms with Crippen molar-refractivity contribution in [2.75, 3.05) is 14.2 Å². The van der Waals surface area contributed by atoms with E-state index in [0.717, 1.165) is 12.1 Å². The molecule has 0 saturated heterocycles. The van der Waals surface area contributed by atoms with Crippen molar-refractivity contribution in [2.45, 2.75) is 18.5 Å². The van der Waals surface area contributed by atoms with Gasteiger partial charge >= 0.3 is 6.18 Å². The number of fused-ring (bicyclic) bond motifs is 1. The number of hydrogen-bond acceptors (Lipinski definition) is 3. The summed E-state index contributed by atoms with van der Waals surface area (Å²) in [7, 11) is 2.98. The molecule has 3 rings (SSSR count). The number of alkyl halides is 3. The van der Waals surface area contributed by atoms with E-state index in [0.29, 0.717) is 28.2 Å². The molecular formula is C18H15F3O3. The summed E-state index contributed by atoms with van der Waals surface area (Å²) in [5, 5.41) is 0. The Labute approximate surface area is 137 Å². The van der Waals surface area contributed by atoms with Crippen LogP contribution < -0.4 is 9.47 Å². The van der Waals surface area contributed by atoms with E-state index < -0.39 is 11.7 Å². The molecule has 6 heteroatoms. The number of methoxy groups -OCH3 is 2. The van der Waals surface area contributed by atoms with Crippen LogP contribution in [0.5, 0.6) is 11.5 Å². The van der Waals surface area contributed by atoms with Crippen molar-refractivity contribution in [1.29, 1.82) is 0 Å². The van der Waals surface area contributed by atoms with E-state index in [1.165, 1.54) is 26.4 Å². The largest absolute Gasteiger partial charge is 0.497 e. The second-order valence-electron chi connectivity index (χ2n) is 5.59. The molecule has 3 nitrogen and oxygen atoms in total. The Kier molecular flexibility index (Phi) is 3.99. The standard InChI is InChI=1S/C18H15F3O3/c1-23-12-7-14-15(22)9-13(17(14)16(8-12)24-2)10-3-5-11(6-4-10)18(19,20)21/h3-8,13H,9H2,1-2H3/t13-/m0/s1. The van der Waals surface area contributed by atoms with Crippen LogP contribution in [0.2, 0.25) is 0 Å². The molecule has 1 atom stereocenters. The summed E-state index contributed by atoms with van der Waals surface area (Å²) in [5.41, 5.74) is 1.13. The third-order valence-electron chi connectivity index (χ3n) is 4.25. The minimum atomic E-state index is -4.38. The van der Waals surface area contributed by atoms with Gasteiger partial charge in [0.05, 0.1) is 19.8 Å². The molecule has 0 N–H and O–H groups in total. The monoisotopic (exact) mass is 336 g/mol. The van der Waals surface area contributed by atoms with Gasteiger partial charge in [0, 0.05) is 29.5 Å². The number of hydrogen-bond donors (Lipinski definition) is 0. The Morgan fingerprint density at radius 2 is 1.71 bits per heavy atom. The maximum atomic E-state index is 12.7. The molecule has 0 radical (unpaired) electrons. The predicted molar refractivity (Wildman–Crippen MR) is 81.8 cm³/mol. The number of rotatable bonds is 3. The van der Waals surface area contributed by atoms with E-state index in [1.54, 1.807) is 12.1 Å². The van der Waals surface area contributed by atoms with Crippen LogP contribution in [0.15, 0.2) is 36.4 Å². The summed E-state index contributed by atoms with van der Waals surface area (Å²) < 4.78 is 48.7. The highest BCUT2D eigenvalue weighted by atomic mass is 19.4. The molecule has 2 aromatic rings. The average molecular weight is 336 g/mol. The van der Waals surface area contributed by atoms with Gasteiger partial charge in [-0.15, -0.1) is 0 Å². The molecule has 1 aliphatic carbocycles. The van der Waals surface area contributed by atoms with Gasteiger partial charge in [-0.2, -0.15) is 13.2 Å². The minimum absolute atomic E-state index is 0.0768. The Morgan fingerprint density at radius 1 is 1.04 bits per heavy atom. The quantitative estimate of drug-likeness (QED) is 0.831. The second-order valence-corrected chi connectivity index (χ2v) is 5.59. The van der Waals surface area contributed by atoms with E-state index in [-0.39, 0.29) is 18.1 Å². The molecule has 0 spiro atoms. The summed E-state index contributed by atoms with van der Waals surface area (Å²) in [4.78, 5) is 12.3. The van der Waals surface area contributed by atoms with Crippen molar-refractivity contribution < 1.29 is 27.4 Å². The van der Waals surface area contributed by atoms with Gasteiger partial charge in [0.15, 0.2) is 5.78 Å². The number of ether oxygens (including phenoxy) is 2. The van der Waals surface area contributed by atoms with Crippen molar-refractivity contribution in [3.63, 3.8) is 0 Å². The fourth-order valence-electron chi connectivity index (χ4n) is 3.06. The zero-order chi connectivity index (χ0) is 17.5. The molecule has 1 aliphatic rings. The predicted octanol–water partition coefficient (Wildman–Crippen LogP) is 4.44. The maximum absolute atomic E-state index is 12.7. The molecule has 0 unspecified atom stereocenters. The molecular weight excluding hydrogens is 321 g/mol. The molecule has 0 aromatic heterocycles. The molecule has 0 fully saturated rings. The highest BCUT2D eigenvalue weighted by Gasteiger charge is 2.35. The Hall–Kier alpha value is -2.50. The Morgan fingerprint density at radius 3 is 2.25 bits per heavy atom. The number of Topliss-reactive ketones (excluding diaryl/α,β-unsaturated/α-hetero) is 1. The van der Waals surface area contributed by atoms with Gasteiger partial charge < -0.3 is 9.47 Å². The minimum Gasteiger partial charge on any atom is -0.497 e. The Balaban J connectivity index is 2.06. The zero-order valence-electron chi connectivity index (χ0n) is 13.1. The number of carbonyl (C=O) groups excluding carboxylic acids is 1. The van der Waals surface area contributed by atoms with Crippen molar-refractivity contribution in [3.05, 3.63) is 58.7 Å². The van der Waals surface area contributed by atoms with Gasteiger partial charge in [0.1, 0.15) is 11.5 Å². The van der Waals surface area contributed by atoms with Gasteiger partial charge in [-0.1, -0.05) is 12.1 Å². The first-order valence-electron chi connectivity index (χ1n) is 7.31. The van der Waals surface area contributed by atoms with Crippen molar-refractivity contribution in [3.8, 4) is 11.5 Å². The van der Waals surface area contributed by atoms with Gasteiger partial charge in [-0.3, -0.25) is 4.79 Å². The number of benzene rings is 2. The molecule has 0 bridgehead atoms. The fourth-order valence-corrected chi connectivity index (χ4v) is 3.06. The summed E-state index contributed by atoms with van der Waals surface area (Å²) in [6, 6.07) is 8.22. The van der Waals surface area contributed by atoms with Gasteiger partial charge in [0.25, 0.3) is 0 Å². The summed E-state index contributed by atoms with van der Waals surface area (Å²) >= 11 is 0. The Bertz CT molecular complexity index is 779. The molecule has 126 valence electrons.